The molecule has 0 radical (unpaired) electrons. The maximum Gasteiger partial charge on any atom is 0.254 e. The van der Waals surface area contributed by atoms with Gasteiger partial charge in [-0.05, 0) is 42.3 Å². The quantitative estimate of drug-likeness (QED) is 0.413. The maximum absolute atomic E-state index is 13.4. The molecular weight excluding hydrogens is 479 g/mol. The molecule has 8 nitrogen and oxygen atoms in total. The lowest BCUT2D eigenvalue weighted by Gasteiger charge is -2.33. The fourth-order valence-corrected chi connectivity index (χ4v) is 5.59. The van der Waals surface area contributed by atoms with E-state index < -0.39 is 0 Å². The molecule has 4 heterocycles. The van der Waals surface area contributed by atoms with Crippen LogP contribution in [0.1, 0.15) is 29.1 Å². The topological polar surface area (TPSA) is 76.4 Å². The van der Waals surface area contributed by atoms with Crippen molar-refractivity contribution in [1.29, 1.82) is 0 Å². The third-order valence-electron chi connectivity index (χ3n) is 6.76. The minimum absolute atomic E-state index is 0.0489. The molecule has 184 valence electrons. The van der Waals surface area contributed by atoms with Crippen molar-refractivity contribution in [1.82, 2.24) is 24.6 Å². The number of hydrogen-bond donors (Lipinski definition) is 0. The van der Waals surface area contributed by atoms with E-state index in [1.165, 1.54) is 12.1 Å². The smallest absolute Gasteiger partial charge is 0.254 e. The number of anilines is 1. The Labute approximate surface area is 212 Å². The molecule has 0 N–H and O–H groups in total. The van der Waals surface area contributed by atoms with E-state index in [-0.39, 0.29) is 17.8 Å². The highest BCUT2D eigenvalue weighted by Gasteiger charge is 2.32. The Bertz CT molecular complexity index is 1380. The number of fused-ring (bicyclic) bond motifs is 1. The molecule has 1 fully saturated rings. The molecule has 0 saturated carbocycles. The normalized spacial score (nSPS) is 17.8. The molecule has 2 aliphatic rings. The fourth-order valence-electron chi connectivity index (χ4n) is 4.73. The Morgan fingerprint density at radius 1 is 0.972 bits per heavy atom. The van der Waals surface area contributed by atoms with E-state index in [2.05, 4.69) is 19.7 Å². The van der Waals surface area contributed by atoms with Gasteiger partial charge in [0, 0.05) is 37.1 Å². The average molecular weight is 505 g/mol. The number of carbonyl (C=O) groups is 1. The van der Waals surface area contributed by atoms with E-state index in [0.717, 1.165) is 46.7 Å². The molecule has 0 spiro atoms. The third-order valence-corrected chi connectivity index (χ3v) is 7.66. The van der Waals surface area contributed by atoms with Gasteiger partial charge >= 0.3 is 0 Å². The molecular formula is C26H25FN6O2S. The number of rotatable bonds is 4. The molecule has 36 heavy (non-hydrogen) atoms. The summed E-state index contributed by atoms with van der Waals surface area (Å²) >= 11 is 1.60. The first-order chi connectivity index (χ1) is 17.6. The first-order valence-corrected chi connectivity index (χ1v) is 12.8. The molecule has 0 unspecified atom stereocenters. The summed E-state index contributed by atoms with van der Waals surface area (Å²) in [4.78, 5) is 22.2. The van der Waals surface area contributed by atoms with Crippen LogP contribution in [0, 0.1) is 5.82 Å². The van der Waals surface area contributed by atoms with Gasteiger partial charge in [0.05, 0.1) is 19.3 Å². The Kier molecular flexibility index (Phi) is 5.98. The highest BCUT2D eigenvalue weighted by molar-refractivity contribution is 7.14. The van der Waals surface area contributed by atoms with Crippen molar-refractivity contribution in [2.24, 2.45) is 0 Å². The minimum Gasteiger partial charge on any atom is -0.378 e. The Balaban J connectivity index is 1.19. The van der Waals surface area contributed by atoms with Crippen LogP contribution >= 0.6 is 11.3 Å². The predicted molar refractivity (Wildman–Crippen MR) is 135 cm³/mol. The Morgan fingerprint density at radius 2 is 1.67 bits per heavy atom. The van der Waals surface area contributed by atoms with Crippen LogP contribution in [0.5, 0.6) is 0 Å². The van der Waals surface area contributed by atoms with E-state index in [0.29, 0.717) is 31.9 Å². The minimum atomic E-state index is -0.270. The maximum atomic E-state index is 13.4. The molecule has 1 saturated heterocycles. The van der Waals surface area contributed by atoms with Gasteiger partial charge in [-0.3, -0.25) is 4.79 Å². The largest absolute Gasteiger partial charge is 0.378 e. The van der Waals surface area contributed by atoms with Crippen molar-refractivity contribution in [3.05, 3.63) is 71.1 Å². The van der Waals surface area contributed by atoms with Crippen molar-refractivity contribution in [3.8, 4) is 22.6 Å². The summed E-state index contributed by atoms with van der Waals surface area (Å²) < 4.78 is 20.7. The first kappa shape index (κ1) is 22.8. The van der Waals surface area contributed by atoms with E-state index in [9.17, 15) is 9.18 Å². The number of halogens is 1. The number of morpholine rings is 1. The number of amides is 1. The van der Waals surface area contributed by atoms with Crippen LogP contribution in [0.3, 0.4) is 0 Å². The standard InChI is InChI=1S/C26H25FN6O2S/c1-17-23-29-30-24(22-16-36-26(28-22)31-12-14-35-15-13-31)33(23)11-10-32(17)25(34)20-4-2-18(3-5-20)19-6-8-21(27)9-7-19/h2-9,16-17H,10-15H2,1H3/t17-/m0/s1. The van der Waals surface area contributed by atoms with Crippen LogP contribution in [0.25, 0.3) is 22.6 Å². The molecule has 1 atom stereocenters. The number of carbonyl (C=O) groups excluding carboxylic acids is 1. The zero-order valence-electron chi connectivity index (χ0n) is 19.8. The molecule has 4 aromatic rings. The first-order valence-electron chi connectivity index (χ1n) is 12.0. The second-order valence-electron chi connectivity index (χ2n) is 8.91. The fraction of sp³-hybridized carbons (Fsp3) is 0.308. The van der Waals surface area contributed by atoms with Gasteiger partial charge in [0.25, 0.3) is 5.91 Å². The van der Waals surface area contributed by atoms with Crippen molar-refractivity contribution in [2.75, 3.05) is 37.7 Å². The van der Waals surface area contributed by atoms with Gasteiger partial charge in [0.1, 0.15) is 11.5 Å². The van der Waals surface area contributed by atoms with Crippen molar-refractivity contribution < 1.29 is 13.9 Å². The molecule has 10 heteroatoms. The summed E-state index contributed by atoms with van der Waals surface area (Å²) in [5, 5.41) is 11.9. The molecule has 1 amide bonds. The SMILES string of the molecule is C[C@H]1c2nnc(-c3csc(N4CCOCC4)n3)n2CCN1C(=O)c1ccc(-c2ccc(F)cc2)cc1. The molecule has 2 aliphatic heterocycles. The summed E-state index contributed by atoms with van der Waals surface area (Å²) in [6.45, 7) is 6.24. The highest BCUT2D eigenvalue weighted by Crippen LogP contribution is 2.32. The van der Waals surface area contributed by atoms with Crippen LogP contribution in [0.2, 0.25) is 0 Å². The number of benzene rings is 2. The summed E-state index contributed by atoms with van der Waals surface area (Å²) in [6, 6.07) is 13.5. The number of ether oxygens (including phenoxy) is 1. The van der Waals surface area contributed by atoms with E-state index in [1.807, 2.05) is 41.5 Å². The van der Waals surface area contributed by atoms with Gasteiger partial charge in [0.2, 0.25) is 0 Å². The monoisotopic (exact) mass is 504 g/mol. The van der Waals surface area contributed by atoms with Crippen LogP contribution in [0.15, 0.2) is 53.9 Å². The van der Waals surface area contributed by atoms with Gasteiger partial charge in [-0.2, -0.15) is 0 Å². The zero-order valence-corrected chi connectivity index (χ0v) is 20.6. The summed E-state index contributed by atoms with van der Waals surface area (Å²) in [7, 11) is 0. The third kappa shape index (κ3) is 4.16. The molecule has 0 bridgehead atoms. The van der Waals surface area contributed by atoms with Gasteiger partial charge < -0.3 is 19.1 Å². The lowest BCUT2D eigenvalue weighted by atomic mass is 10.0. The Morgan fingerprint density at radius 3 is 2.39 bits per heavy atom. The van der Waals surface area contributed by atoms with Crippen LogP contribution < -0.4 is 4.90 Å². The summed E-state index contributed by atoms with van der Waals surface area (Å²) in [5.74, 6) is 1.18. The molecule has 2 aromatic carbocycles. The van der Waals surface area contributed by atoms with Crippen molar-refractivity contribution >= 4 is 22.4 Å². The second-order valence-corrected chi connectivity index (χ2v) is 9.74. The van der Waals surface area contributed by atoms with E-state index in [4.69, 9.17) is 9.72 Å². The van der Waals surface area contributed by atoms with E-state index in [1.54, 1.807) is 23.5 Å². The van der Waals surface area contributed by atoms with Gasteiger partial charge in [-0.25, -0.2) is 9.37 Å². The number of nitrogens with zero attached hydrogens (tertiary/aromatic N) is 6. The lowest BCUT2D eigenvalue weighted by molar-refractivity contribution is 0.0638. The number of hydrogen-bond acceptors (Lipinski definition) is 7. The Hall–Kier alpha value is -3.63. The van der Waals surface area contributed by atoms with Crippen LogP contribution in [-0.4, -0.2) is 63.4 Å². The van der Waals surface area contributed by atoms with Crippen molar-refractivity contribution in [2.45, 2.75) is 19.5 Å². The van der Waals surface area contributed by atoms with Gasteiger partial charge in [-0.15, -0.1) is 21.5 Å². The summed E-state index contributed by atoms with van der Waals surface area (Å²) in [5.41, 5.74) is 3.25. The number of aromatic nitrogens is 4. The van der Waals surface area contributed by atoms with Gasteiger partial charge in [0.15, 0.2) is 16.8 Å². The van der Waals surface area contributed by atoms with Gasteiger partial charge in [-0.1, -0.05) is 24.3 Å². The second kappa shape index (κ2) is 9.44. The number of thiazole rings is 1. The lowest BCUT2D eigenvalue weighted by Crippen LogP contribution is -2.41. The highest BCUT2D eigenvalue weighted by atomic mass is 32.1. The van der Waals surface area contributed by atoms with E-state index >= 15 is 0 Å². The van der Waals surface area contributed by atoms with Crippen molar-refractivity contribution in [3.63, 3.8) is 0 Å². The van der Waals surface area contributed by atoms with Crippen LogP contribution in [0.4, 0.5) is 9.52 Å². The molecule has 2 aromatic heterocycles. The summed E-state index contributed by atoms with van der Waals surface area (Å²) in [6.07, 6.45) is 0. The molecule has 6 rings (SSSR count). The molecule has 0 aliphatic carbocycles. The zero-order chi connectivity index (χ0) is 24.6. The predicted octanol–water partition coefficient (Wildman–Crippen LogP) is 4.26. The van der Waals surface area contributed by atoms with Crippen LogP contribution in [-0.2, 0) is 11.3 Å². The average Bonchev–Trinajstić information content (AvgIpc) is 3.58.